The summed E-state index contributed by atoms with van der Waals surface area (Å²) in [5.41, 5.74) is 10.4. The number of fused-ring (bicyclic) bond motifs is 1. The predicted octanol–water partition coefficient (Wildman–Crippen LogP) is 3.68. The van der Waals surface area contributed by atoms with Crippen LogP contribution in [0.4, 0.5) is 0 Å². The topological polar surface area (TPSA) is 73.8 Å². The second-order valence-corrected chi connectivity index (χ2v) is 7.10. The van der Waals surface area contributed by atoms with E-state index in [0.29, 0.717) is 33.2 Å². The maximum Gasteiger partial charge on any atom is 0.251 e. The Morgan fingerprint density at radius 2 is 1.93 bits per heavy atom. The number of rotatable bonds is 3. The smallest absolute Gasteiger partial charge is 0.251 e. The molecule has 2 N–H and O–H groups in total. The van der Waals surface area contributed by atoms with Crippen molar-refractivity contribution in [3.8, 4) is 23.6 Å². The quantitative estimate of drug-likeness (QED) is 0.532. The Hall–Kier alpha value is -3.46. The highest BCUT2D eigenvalue weighted by Gasteiger charge is 2.15. The normalized spacial score (nSPS) is 11.9. The zero-order valence-electron chi connectivity index (χ0n) is 15.6. The van der Waals surface area contributed by atoms with E-state index in [1.54, 1.807) is 42.1 Å². The van der Waals surface area contributed by atoms with E-state index in [9.17, 15) is 4.79 Å². The molecule has 29 heavy (non-hydrogen) atoms. The van der Waals surface area contributed by atoms with E-state index in [-0.39, 0.29) is 5.56 Å². The summed E-state index contributed by atoms with van der Waals surface area (Å²) in [6.45, 7) is 0. The van der Waals surface area contributed by atoms with Crippen LogP contribution in [0.3, 0.4) is 0 Å². The van der Waals surface area contributed by atoms with Gasteiger partial charge in [0.2, 0.25) is 0 Å². The van der Waals surface area contributed by atoms with Gasteiger partial charge in [-0.1, -0.05) is 35.7 Å². The van der Waals surface area contributed by atoms with Gasteiger partial charge in [-0.2, -0.15) is 0 Å². The van der Waals surface area contributed by atoms with E-state index in [1.165, 1.54) is 0 Å². The third-order valence-electron chi connectivity index (χ3n) is 4.87. The first-order valence-electron chi connectivity index (χ1n) is 8.92. The molecular formula is C23H17ClN4O. The van der Waals surface area contributed by atoms with Gasteiger partial charge in [0.25, 0.3) is 5.56 Å². The Morgan fingerprint density at radius 3 is 2.66 bits per heavy atom. The molecule has 0 aliphatic rings. The molecule has 0 bridgehead atoms. The fourth-order valence-electron chi connectivity index (χ4n) is 3.25. The average molecular weight is 401 g/mol. The summed E-state index contributed by atoms with van der Waals surface area (Å²) < 4.78 is 1.55. The van der Waals surface area contributed by atoms with E-state index in [4.69, 9.17) is 23.8 Å². The maximum atomic E-state index is 12.5. The van der Waals surface area contributed by atoms with Crippen LogP contribution in [0.15, 0.2) is 65.6 Å². The van der Waals surface area contributed by atoms with Crippen LogP contribution in [0, 0.1) is 12.3 Å². The lowest BCUT2D eigenvalue weighted by Crippen LogP contribution is -2.18. The number of halogens is 1. The fraction of sp³-hybridized carbons (Fsp3) is 0.0870. The van der Waals surface area contributed by atoms with Crippen molar-refractivity contribution in [3.05, 3.63) is 93.1 Å². The van der Waals surface area contributed by atoms with Gasteiger partial charge in [-0.05, 0) is 35.9 Å². The SMILES string of the molecule is C#Cc1cccc(-c2cc(=O)n(C)c3cnc(C(N)c4ccc(Cl)cc4)cc23)n1. The van der Waals surface area contributed by atoms with Gasteiger partial charge in [-0.15, -0.1) is 6.42 Å². The van der Waals surface area contributed by atoms with Crippen LogP contribution in [0.25, 0.3) is 22.2 Å². The van der Waals surface area contributed by atoms with Crippen molar-refractivity contribution in [3.63, 3.8) is 0 Å². The third-order valence-corrected chi connectivity index (χ3v) is 5.13. The molecule has 3 heterocycles. The highest BCUT2D eigenvalue weighted by molar-refractivity contribution is 6.30. The Balaban J connectivity index is 1.93. The molecule has 4 aromatic rings. The number of aryl methyl sites for hydroxylation is 1. The summed E-state index contributed by atoms with van der Waals surface area (Å²) in [7, 11) is 1.71. The van der Waals surface area contributed by atoms with Crippen LogP contribution >= 0.6 is 11.6 Å². The molecule has 142 valence electrons. The molecule has 0 saturated carbocycles. The lowest BCUT2D eigenvalue weighted by molar-refractivity contribution is 0.827. The zero-order valence-corrected chi connectivity index (χ0v) is 16.4. The summed E-state index contributed by atoms with van der Waals surface area (Å²) in [6.07, 6.45) is 7.15. The minimum Gasteiger partial charge on any atom is -0.319 e. The zero-order chi connectivity index (χ0) is 20.5. The number of nitrogens with two attached hydrogens (primary N) is 1. The van der Waals surface area contributed by atoms with Crippen molar-refractivity contribution in [2.24, 2.45) is 12.8 Å². The Labute approximate surface area is 172 Å². The van der Waals surface area contributed by atoms with E-state index in [2.05, 4.69) is 15.9 Å². The second-order valence-electron chi connectivity index (χ2n) is 6.66. The van der Waals surface area contributed by atoms with Gasteiger partial charge >= 0.3 is 0 Å². The third kappa shape index (κ3) is 3.52. The van der Waals surface area contributed by atoms with Gasteiger partial charge in [0.05, 0.1) is 29.1 Å². The number of hydrogen-bond donors (Lipinski definition) is 1. The number of aromatic nitrogens is 3. The summed E-state index contributed by atoms with van der Waals surface area (Å²) in [5, 5.41) is 1.47. The van der Waals surface area contributed by atoms with Crippen molar-refractivity contribution < 1.29 is 0 Å². The van der Waals surface area contributed by atoms with Gasteiger partial charge in [0.15, 0.2) is 0 Å². The standard InChI is InChI=1S/C23H17ClN4O/c1-3-16-5-4-6-19(27-16)17-12-22(29)28(2)21-13-26-20(11-18(17)21)23(25)14-7-9-15(24)10-8-14/h1,4-13,23H,25H2,2H3. The number of pyridine rings is 3. The Bertz CT molecular complexity index is 1320. The van der Waals surface area contributed by atoms with Gasteiger partial charge < -0.3 is 10.3 Å². The van der Waals surface area contributed by atoms with Crippen LogP contribution < -0.4 is 11.3 Å². The highest BCUT2D eigenvalue weighted by Crippen LogP contribution is 2.28. The first-order valence-corrected chi connectivity index (χ1v) is 9.30. The van der Waals surface area contributed by atoms with Gasteiger partial charge in [0, 0.05) is 29.1 Å². The number of terminal acetylenes is 1. The fourth-order valence-corrected chi connectivity index (χ4v) is 3.38. The minimum atomic E-state index is -0.438. The molecule has 1 atom stereocenters. The molecule has 0 amide bonds. The maximum absolute atomic E-state index is 12.5. The molecule has 0 fully saturated rings. The Kier molecular flexibility index (Phi) is 4.89. The molecule has 4 rings (SSSR count). The van der Waals surface area contributed by atoms with Crippen molar-refractivity contribution in [1.82, 2.24) is 14.5 Å². The molecule has 0 aliphatic carbocycles. The van der Waals surface area contributed by atoms with Crippen molar-refractivity contribution in [1.29, 1.82) is 0 Å². The number of hydrogen-bond acceptors (Lipinski definition) is 4. The van der Waals surface area contributed by atoms with Crippen LogP contribution in [-0.2, 0) is 7.05 Å². The summed E-state index contributed by atoms with van der Waals surface area (Å²) in [4.78, 5) is 21.5. The summed E-state index contributed by atoms with van der Waals surface area (Å²) in [5.74, 6) is 2.53. The number of benzene rings is 1. The molecular weight excluding hydrogens is 384 g/mol. The van der Waals surface area contributed by atoms with Crippen molar-refractivity contribution in [2.45, 2.75) is 6.04 Å². The first kappa shape index (κ1) is 18.9. The second kappa shape index (κ2) is 7.51. The van der Waals surface area contributed by atoms with Crippen LogP contribution in [0.2, 0.25) is 5.02 Å². The molecule has 0 radical (unpaired) electrons. The molecule has 0 spiro atoms. The summed E-state index contributed by atoms with van der Waals surface area (Å²) in [6, 6.07) is 15.7. The average Bonchev–Trinajstić information content (AvgIpc) is 2.76. The molecule has 3 aromatic heterocycles. The molecule has 1 unspecified atom stereocenters. The van der Waals surface area contributed by atoms with Crippen molar-refractivity contribution in [2.75, 3.05) is 0 Å². The van der Waals surface area contributed by atoms with E-state index in [0.717, 1.165) is 10.9 Å². The van der Waals surface area contributed by atoms with Crippen LogP contribution in [0.5, 0.6) is 0 Å². The Morgan fingerprint density at radius 1 is 1.17 bits per heavy atom. The van der Waals surface area contributed by atoms with Crippen LogP contribution in [0.1, 0.15) is 23.0 Å². The lowest BCUT2D eigenvalue weighted by atomic mass is 10.0. The summed E-state index contributed by atoms with van der Waals surface area (Å²) >= 11 is 5.98. The van der Waals surface area contributed by atoms with E-state index in [1.807, 2.05) is 30.3 Å². The van der Waals surface area contributed by atoms with E-state index >= 15 is 0 Å². The molecule has 0 saturated heterocycles. The predicted molar refractivity (Wildman–Crippen MR) is 116 cm³/mol. The largest absolute Gasteiger partial charge is 0.319 e. The monoisotopic (exact) mass is 400 g/mol. The minimum absolute atomic E-state index is 0.156. The molecule has 1 aromatic carbocycles. The van der Waals surface area contributed by atoms with Crippen LogP contribution in [-0.4, -0.2) is 14.5 Å². The van der Waals surface area contributed by atoms with Gasteiger partial charge in [-0.25, -0.2) is 4.98 Å². The lowest BCUT2D eigenvalue weighted by Gasteiger charge is -2.15. The van der Waals surface area contributed by atoms with Crippen molar-refractivity contribution >= 4 is 22.5 Å². The molecule has 0 aliphatic heterocycles. The number of nitrogens with zero attached hydrogens (tertiary/aromatic N) is 3. The van der Waals surface area contributed by atoms with E-state index < -0.39 is 6.04 Å². The molecule has 6 heteroatoms. The molecule has 5 nitrogen and oxygen atoms in total. The van der Waals surface area contributed by atoms with Gasteiger partial charge in [0.1, 0.15) is 5.69 Å². The highest BCUT2D eigenvalue weighted by atomic mass is 35.5. The first-order chi connectivity index (χ1) is 14.0. The van der Waals surface area contributed by atoms with Gasteiger partial charge in [-0.3, -0.25) is 9.78 Å².